The van der Waals surface area contributed by atoms with Crippen molar-refractivity contribution in [2.24, 2.45) is 5.41 Å². The van der Waals surface area contributed by atoms with E-state index in [-0.39, 0.29) is 17.4 Å². The van der Waals surface area contributed by atoms with E-state index in [4.69, 9.17) is 4.74 Å². The van der Waals surface area contributed by atoms with Gasteiger partial charge in [-0.3, -0.25) is 4.79 Å². The number of hydrogen-bond donors (Lipinski definition) is 1. The van der Waals surface area contributed by atoms with Crippen molar-refractivity contribution < 1.29 is 14.3 Å². The third-order valence-electron chi connectivity index (χ3n) is 5.30. The van der Waals surface area contributed by atoms with Gasteiger partial charge in [-0.1, -0.05) is 17.7 Å². The number of hydrogen-bond acceptors (Lipinski definition) is 3. The highest BCUT2D eigenvalue weighted by Gasteiger charge is 2.39. The fraction of sp³-hybridized carbons (Fsp3) is 0.579. The highest BCUT2D eigenvalue weighted by Crippen LogP contribution is 2.34. The molecule has 0 bridgehead atoms. The number of benzene rings is 1. The lowest BCUT2D eigenvalue weighted by molar-refractivity contribution is -0.130. The maximum absolute atomic E-state index is 12.5. The first-order valence-corrected chi connectivity index (χ1v) is 8.93. The molecule has 2 saturated heterocycles. The van der Waals surface area contributed by atoms with Crippen LogP contribution in [-0.4, -0.2) is 61.1 Å². The van der Waals surface area contributed by atoms with Gasteiger partial charge in [0.15, 0.2) is 0 Å². The van der Waals surface area contributed by atoms with Crippen molar-refractivity contribution in [3.63, 3.8) is 0 Å². The van der Waals surface area contributed by atoms with Crippen LogP contribution in [0.25, 0.3) is 0 Å². The third-order valence-corrected chi connectivity index (χ3v) is 5.30. The predicted molar refractivity (Wildman–Crippen MR) is 96.5 cm³/mol. The lowest BCUT2D eigenvalue weighted by atomic mass is 9.78. The Morgan fingerprint density at radius 2 is 1.76 bits per heavy atom. The van der Waals surface area contributed by atoms with Crippen LogP contribution in [0.3, 0.4) is 0 Å². The maximum atomic E-state index is 12.5. The van der Waals surface area contributed by atoms with Crippen molar-refractivity contribution in [3.05, 3.63) is 29.8 Å². The molecule has 6 heteroatoms. The molecule has 2 heterocycles. The van der Waals surface area contributed by atoms with E-state index in [1.165, 1.54) is 5.56 Å². The van der Waals surface area contributed by atoms with Crippen LogP contribution in [0.2, 0.25) is 0 Å². The molecule has 0 aliphatic carbocycles. The van der Waals surface area contributed by atoms with E-state index >= 15 is 0 Å². The average molecular weight is 345 g/mol. The van der Waals surface area contributed by atoms with Crippen molar-refractivity contribution in [1.82, 2.24) is 9.80 Å². The second kappa shape index (κ2) is 7.44. The van der Waals surface area contributed by atoms with Crippen molar-refractivity contribution in [2.45, 2.75) is 26.7 Å². The second-order valence-electron chi connectivity index (χ2n) is 7.28. The van der Waals surface area contributed by atoms with Crippen LogP contribution < -0.4 is 5.32 Å². The molecule has 0 saturated carbocycles. The van der Waals surface area contributed by atoms with Gasteiger partial charge in [-0.25, -0.2) is 4.79 Å². The Labute approximate surface area is 149 Å². The molecule has 1 aromatic carbocycles. The normalized spacial score (nSPS) is 20.2. The van der Waals surface area contributed by atoms with Crippen molar-refractivity contribution in [1.29, 1.82) is 0 Å². The summed E-state index contributed by atoms with van der Waals surface area (Å²) >= 11 is 0. The van der Waals surface area contributed by atoms with Gasteiger partial charge in [-0.15, -0.1) is 0 Å². The van der Waals surface area contributed by atoms with E-state index in [0.29, 0.717) is 32.8 Å². The number of likely N-dealkylation sites (tertiary alicyclic amines) is 1. The lowest BCUT2D eigenvalue weighted by Crippen LogP contribution is -2.50. The van der Waals surface area contributed by atoms with Gasteiger partial charge in [0.2, 0.25) is 5.91 Å². The van der Waals surface area contributed by atoms with Crippen LogP contribution in [0.5, 0.6) is 0 Å². The minimum Gasteiger partial charge on any atom is -0.379 e. The zero-order valence-corrected chi connectivity index (χ0v) is 15.1. The van der Waals surface area contributed by atoms with Crippen LogP contribution in [0.4, 0.5) is 10.5 Å². The molecule has 6 nitrogen and oxygen atoms in total. The van der Waals surface area contributed by atoms with Crippen LogP contribution in [0.1, 0.15) is 25.3 Å². The topological polar surface area (TPSA) is 61.9 Å². The fourth-order valence-corrected chi connectivity index (χ4v) is 3.59. The number of carbonyl (C=O) groups is 2. The lowest BCUT2D eigenvalue weighted by Gasteiger charge is -2.42. The van der Waals surface area contributed by atoms with E-state index in [2.05, 4.69) is 5.32 Å². The number of nitrogens with one attached hydrogen (secondary N) is 1. The molecule has 1 aromatic rings. The van der Waals surface area contributed by atoms with Gasteiger partial charge in [0.25, 0.3) is 0 Å². The molecule has 0 unspecified atom stereocenters. The van der Waals surface area contributed by atoms with E-state index in [0.717, 1.165) is 25.1 Å². The first-order chi connectivity index (χ1) is 12.0. The molecule has 1 N–H and O–H groups in total. The molecule has 2 fully saturated rings. The molecule has 0 aromatic heterocycles. The van der Waals surface area contributed by atoms with Gasteiger partial charge in [0.1, 0.15) is 0 Å². The summed E-state index contributed by atoms with van der Waals surface area (Å²) in [5.41, 5.74) is 1.96. The summed E-state index contributed by atoms with van der Waals surface area (Å²) < 4.78 is 5.76. The first kappa shape index (κ1) is 17.7. The SMILES string of the molecule is CC(=O)N1CCOCC2(CCN(C(=O)Nc3ccc(C)cc3)CC2)C1. The number of nitrogens with zero attached hydrogens (tertiary/aromatic N) is 2. The van der Waals surface area contributed by atoms with Gasteiger partial charge in [0.05, 0.1) is 13.2 Å². The Kier molecular flexibility index (Phi) is 5.27. The van der Waals surface area contributed by atoms with E-state index < -0.39 is 0 Å². The molecule has 3 rings (SSSR count). The Hall–Kier alpha value is -2.08. The Morgan fingerprint density at radius 1 is 1.08 bits per heavy atom. The van der Waals surface area contributed by atoms with Crippen molar-refractivity contribution in [2.75, 3.05) is 44.7 Å². The second-order valence-corrected chi connectivity index (χ2v) is 7.28. The third kappa shape index (κ3) is 4.31. The monoisotopic (exact) mass is 345 g/mol. The minimum absolute atomic E-state index is 0.0250. The summed E-state index contributed by atoms with van der Waals surface area (Å²) in [6.07, 6.45) is 1.72. The maximum Gasteiger partial charge on any atom is 0.321 e. The Bertz CT molecular complexity index is 621. The van der Waals surface area contributed by atoms with Gasteiger partial charge in [-0.2, -0.15) is 0 Å². The Morgan fingerprint density at radius 3 is 2.40 bits per heavy atom. The standard InChI is InChI=1S/C19H27N3O3/c1-15-3-5-17(6-4-15)20-18(24)21-9-7-19(8-10-21)13-22(16(2)23)11-12-25-14-19/h3-6H,7-14H2,1-2H3,(H,20,24). The summed E-state index contributed by atoms with van der Waals surface area (Å²) in [4.78, 5) is 28.0. The van der Waals surface area contributed by atoms with Gasteiger partial charge in [-0.05, 0) is 31.9 Å². The molecular weight excluding hydrogens is 318 g/mol. The van der Waals surface area contributed by atoms with Crippen LogP contribution in [0, 0.1) is 12.3 Å². The van der Waals surface area contributed by atoms with Crippen molar-refractivity contribution >= 4 is 17.6 Å². The molecule has 1 spiro atoms. The number of rotatable bonds is 1. The number of anilines is 1. The first-order valence-electron chi connectivity index (χ1n) is 8.93. The number of piperidine rings is 1. The smallest absolute Gasteiger partial charge is 0.321 e. The summed E-state index contributed by atoms with van der Waals surface area (Å²) in [6.45, 7) is 7.67. The predicted octanol–water partition coefficient (Wildman–Crippen LogP) is 2.49. The van der Waals surface area contributed by atoms with E-state index in [9.17, 15) is 9.59 Å². The van der Waals surface area contributed by atoms with Crippen LogP contribution >= 0.6 is 0 Å². The quantitative estimate of drug-likeness (QED) is 0.851. The largest absolute Gasteiger partial charge is 0.379 e. The molecule has 0 atom stereocenters. The average Bonchev–Trinajstić information content (AvgIpc) is 2.80. The highest BCUT2D eigenvalue weighted by atomic mass is 16.5. The molecule has 0 radical (unpaired) electrons. The van der Waals surface area contributed by atoms with E-state index in [1.807, 2.05) is 41.0 Å². The van der Waals surface area contributed by atoms with Gasteiger partial charge >= 0.3 is 6.03 Å². The number of aryl methyl sites for hydroxylation is 1. The minimum atomic E-state index is -0.0586. The number of urea groups is 1. The van der Waals surface area contributed by atoms with E-state index in [1.54, 1.807) is 6.92 Å². The number of carbonyl (C=O) groups excluding carboxylic acids is 2. The zero-order valence-electron chi connectivity index (χ0n) is 15.1. The highest BCUT2D eigenvalue weighted by molar-refractivity contribution is 5.89. The summed E-state index contributed by atoms with van der Waals surface area (Å²) in [5, 5.41) is 2.96. The van der Waals surface area contributed by atoms with Crippen LogP contribution in [-0.2, 0) is 9.53 Å². The number of amides is 3. The molecule has 2 aliphatic heterocycles. The van der Waals surface area contributed by atoms with Gasteiger partial charge < -0.3 is 19.9 Å². The number of ether oxygens (including phenoxy) is 1. The fourth-order valence-electron chi connectivity index (χ4n) is 3.59. The summed E-state index contributed by atoms with van der Waals surface area (Å²) in [6, 6.07) is 7.75. The molecule has 2 aliphatic rings. The zero-order chi connectivity index (χ0) is 17.9. The van der Waals surface area contributed by atoms with Crippen LogP contribution in [0.15, 0.2) is 24.3 Å². The molecule has 3 amide bonds. The summed E-state index contributed by atoms with van der Waals surface area (Å²) in [7, 11) is 0. The van der Waals surface area contributed by atoms with Crippen molar-refractivity contribution in [3.8, 4) is 0 Å². The molecule has 25 heavy (non-hydrogen) atoms. The molecule has 136 valence electrons. The summed E-state index contributed by atoms with van der Waals surface area (Å²) in [5.74, 6) is 0.101. The Balaban J connectivity index is 1.57. The van der Waals surface area contributed by atoms with Gasteiger partial charge in [0, 0.05) is 44.2 Å². The molecular formula is C19H27N3O3.